The molecule has 5 atom stereocenters. The van der Waals surface area contributed by atoms with Crippen molar-refractivity contribution >= 4 is 105 Å². The summed E-state index contributed by atoms with van der Waals surface area (Å²) in [6, 6.07) is 8.35. The van der Waals surface area contributed by atoms with Gasteiger partial charge in [0.1, 0.15) is 21.9 Å². The quantitative estimate of drug-likeness (QED) is 0.0607. The number of piperidine rings is 2. The van der Waals surface area contributed by atoms with E-state index in [0.717, 1.165) is 58.5 Å². The topological polar surface area (TPSA) is 369 Å². The van der Waals surface area contributed by atoms with Gasteiger partial charge in [-0.2, -0.15) is 0 Å². The van der Waals surface area contributed by atoms with Crippen LogP contribution in [-0.4, -0.2) is 179 Å². The van der Waals surface area contributed by atoms with Crippen LogP contribution in [0.15, 0.2) is 33.1 Å². The molecule has 0 aliphatic carbocycles. The summed E-state index contributed by atoms with van der Waals surface area (Å²) in [7, 11) is 0. The first kappa shape index (κ1) is 65.3. The van der Waals surface area contributed by atoms with Crippen molar-refractivity contribution in [3.8, 4) is 23.2 Å². The third kappa shape index (κ3) is 15.4. The maximum Gasteiger partial charge on any atom is 1.00 e. The number of carbonyl (C=O) groups excluding carboxylic acids is 2. The third-order valence-corrected chi connectivity index (χ3v) is 16.1. The van der Waals surface area contributed by atoms with Crippen LogP contribution in [0.2, 0.25) is 20.6 Å². The summed E-state index contributed by atoms with van der Waals surface area (Å²) in [6.45, 7) is 21.6. The van der Waals surface area contributed by atoms with Crippen LogP contribution < -0.4 is 72.7 Å². The molecule has 6 aromatic rings. The molecule has 4 saturated heterocycles. The molecule has 4 aliphatic rings. The molecular formula is C52H71Cl4LiN22O5. The van der Waals surface area contributed by atoms with E-state index in [1.165, 1.54) is 25.0 Å². The minimum atomic E-state index is -1.35. The number of nitrogens with two attached hydrogens (primary N) is 4. The number of carbonyl (C=O) groups is 2. The first-order valence-electron chi connectivity index (χ1n) is 27.7. The Kier molecular flexibility index (Phi) is 23.1. The zero-order chi connectivity index (χ0) is 59.6. The zero-order valence-corrected chi connectivity index (χ0v) is 51.2. The fourth-order valence-electron chi connectivity index (χ4n) is 11.0. The fraction of sp³-hybridized carbons (Fsp3) is 0.538. The van der Waals surface area contributed by atoms with Gasteiger partial charge in [0.25, 0.3) is 17.7 Å². The Morgan fingerprint density at radius 1 is 0.643 bits per heavy atom. The van der Waals surface area contributed by atoms with E-state index in [1.807, 2.05) is 18.7 Å². The number of anilines is 8. The Balaban J connectivity index is 0.000000207. The smallest absolute Gasteiger partial charge is 0.545 e. The first-order valence-corrected chi connectivity index (χ1v) is 29.2. The number of hydrogen-bond donors (Lipinski definition) is 7. The number of piperazine rings is 2. The van der Waals surface area contributed by atoms with Gasteiger partial charge in [-0.25, -0.2) is 29.9 Å². The molecule has 0 aromatic carbocycles. The summed E-state index contributed by atoms with van der Waals surface area (Å²) in [5.41, 5.74) is 24.5. The second-order valence-corrected chi connectivity index (χ2v) is 22.0. The number of aromatic nitrogens is 10. The van der Waals surface area contributed by atoms with Gasteiger partial charge in [0.15, 0.2) is 45.0 Å². The van der Waals surface area contributed by atoms with Crippen LogP contribution in [-0.2, 0) is 0 Å². The van der Waals surface area contributed by atoms with Crippen molar-refractivity contribution in [1.29, 1.82) is 0 Å². The van der Waals surface area contributed by atoms with Gasteiger partial charge in [-0.3, -0.25) is 14.6 Å². The zero-order valence-electron chi connectivity index (χ0n) is 48.2. The molecule has 1 unspecified atom stereocenters. The number of hydrogen-bond acceptors (Lipinski definition) is 26. The number of carboxylic acid groups (broad SMARTS) is 1. The minimum Gasteiger partial charge on any atom is -0.545 e. The predicted octanol–water partition coefficient (Wildman–Crippen LogP) is 2.20. The number of rotatable bonds is 14. The molecule has 27 nitrogen and oxygen atoms in total. The van der Waals surface area contributed by atoms with Crippen LogP contribution in [0.3, 0.4) is 0 Å². The summed E-state index contributed by atoms with van der Waals surface area (Å²) in [5.74, 6) is 0.755. The molecule has 1 amide bonds. The number of pyridine rings is 2. The van der Waals surface area contributed by atoms with Gasteiger partial charge in [-0.1, -0.05) is 77.4 Å². The largest absolute Gasteiger partial charge is 1.00 e. The number of likely N-dealkylation sites (tertiary alicyclic amines) is 1. The Morgan fingerprint density at radius 2 is 1.18 bits per heavy atom. The summed E-state index contributed by atoms with van der Waals surface area (Å²) in [6.07, 6.45) is 5.28. The normalized spacial score (nSPS) is 20.5. The van der Waals surface area contributed by atoms with Crippen LogP contribution >= 0.6 is 46.4 Å². The van der Waals surface area contributed by atoms with Crippen molar-refractivity contribution in [3.05, 3.63) is 56.0 Å². The van der Waals surface area contributed by atoms with Crippen molar-refractivity contribution in [2.45, 2.75) is 104 Å². The van der Waals surface area contributed by atoms with Gasteiger partial charge in [-0.15, -0.1) is 10.2 Å². The molecule has 6 aromatic heterocycles. The third-order valence-electron chi connectivity index (χ3n) is 15.1. The molecule has 4 fully saturated rings. The van der Waals surface area contributed by atoms with E-state index in [-0.39, 0.29) is 111 Å². The molecule has 10 heterocycles. The summed E-state index contributed by atoms with van der Waals surface area (Å²) in [5, 5.41) is 36.5. The summed E-state index contributed by atoms with van der Waals surface area (Å²) >= 11 is 24.5. The fourth-order valence-corrected chi connectivity index (χ4v) is 11.8. The number of halogens is 4. The Labute approximate surface area is 519 Å². The maximum absolute atomic E-state index is 13.2. The second kappa shape index (κ2) is 29.7. The summed E-state index contributed by atoms with van der Waals surface area (Å²) in [4.78, 5) is 60.6. The van der Waals surface area contributed by atoms with Gasteiger partial charge >= 0.3 is 30.9 Å². The average Bonchev–Trinajstić information content (AvgIpc) is 2.68. The molecule has 84 heavy (non-hydrogen) atoms. The molecule has 0 spiro atoms. The van der Waals surface area contributed by atoms with E-state index in [2.05, 4.69) is 114 Å². The van der Waals surface area contributed by atoms with Crippen LogP contribution in [0.1, 0.15) is 94.4 Å². The number of nitrogen functional groups attached to an aromatic ring is 4. The van der Waals surface area contributed by atoms with E-state index in [9.17, 15) is 14.7 Å². The predicted molar refractivity (Wildman–Crippen MR) is 319 cm³/mol. The molecule has 0 saturated carbocycles. The number of nitrogens with zero attached hydrogens (tertiary/aromatic N) is 15. The molecule has 4 aliphatic heterocycles. The van der Waals surface area contributed by atoms with Gasteiger partial charge in [0.2, 0.25) is 0 Å². The van der Waals surface area contributed by atoms with E-state index in [1.54, 1.807) is 12.1 Å². The van der Waals surface area contributed by atoms with Gasteiger partial charge < -0.3 is 72.3 Å². The molecule has 0 radical (unpaired) electrons. The monoisotopic (exact) mass is 1230 g/mol. The van der Waals surface area contributed by atoms with Crippen LogP contribution in [0.5, 0.6) is 0 Å². The van der Waals surface area contributed by atoms with E-state index in [4.69, 9.17) is 78.2 Å². The minimum absolute atomic E-state index is 0. The number of aromatic carboxylic acids is 1. The van der Waals surface area contributed by atoms with E-state index in [0.29, 0.717) is 84.9 Å². The Morgan fingerprint density at radius 3 is 1.70 bits per heavy atom. The van der Waals surface area contributed by atoms with Crippen LogP contribution in [0, 0.1) is 5.92 Å². The number of carboxylic acids is 1. The standard InChI is InChI=1S/C26H35Cl2N11O2.C20H32ClN9O.C6H5ClN2O2.Li/c1-4-15-13-37(23-20(28)33-19(22(30)34-23)24-35-36-26(41-24)31-5-2)10-11-39(15)17-8-9-38(12-14(17)3)25(40)16-6-7-18(27)32-21(16)29;1-4-13-11-29(12(3)10-30(13)14-6-8-23-9-7-14)18-16(21)25-15(17(22)26-18)19-27-28-20(31-19)24-5-2;7-4-2-1-3(6(10)11)5(8)9-4;/h6-7,14-15,17H,4-5,8-13H2,1-3H3,(H2,29,32)(H2,30,34)(H,31,36);12-14,23H,4-11H2,1-3H3,(H2,22,26)(H,24,28);1-2H,(H2,8,9)(H,10,11);/q;;;+1/p-1/t14-,15+,17?;12-,13+;;/m11../s1. The van der Waals surface area contributed by atoms with Crippen molar-refractivity contribution < 1.29 is 42.4 Å². The first-order chi connectivity index (χ1) is 39.8. The SMILES string of the molecule is CCNc1nnc(-c2nc(Cl)c(N3CCN(C4CCN(C(=O)c5ccc(Cl)nc5N)C[C@H]4C)[C@@H](CC)C3)nc2N)o1.CCNc1nnc(-c2nc(Cl)c(N3C[C@H](CC)N(C4CCNCC4)C[C@H]3C)nc2N)o1.Nc1nc(Cl)ccc1C(=O)[O-].[Li+]. The molecular weight excluding hydrogens is 1160 g/mol. The molecule has 448 valence electrons. The second-order valence-electron chi connectivity index (χ2n) is 20.5. The molecule has 0 bridgehead atoms. The van der Waals surface area contributed by atoms with Crippen molar-refractivity contribution in [1.82, 2.24) is 70.3 Å². The van der Waals surface area contributed by atoms with Crippen molar-refractivity contribution in [2.75, 3.05) is 115 Å². The molecule has 10 rings (SSSR count). The Bertz CT molecular complexity index is 3200. The Hall–Kier alpha value is -6.28. The van der Waals surface area contributed by atoms with E-state index >= 15 is 0 Å². The summed E-state index contributed by atoms with van der Waals surface area (Å²) < 4.78 is 11.1. The maximum atomic E-state index is 13.2. The van der Waals surface area contributed by atoms with Crippen LogP contribution in [0.4, 0.5) is 46.9 Å². The van der Waals surface area contributed by atoms with Gasteiger partial charge in [-0.05, 0) is 96.1 Å². The average molecular weight is 1230 g/mol. The number of amides is 1. The van der Waals surface area contributed by atoms with Crippen molar-refractivity contribution in [3.63, 3.8) is 0 Å². The van der Waals surface area contributed by atoms with Crippen molar-refractivity contribution in [2.24, 2.45) is 5.92 Å². The van der Waals surface area contributed by atoms with Gasteiger partial charge in [0.05, 0.1) is 11.5 Å². The van der Waals surface area contributed by atoms with Crippen LogP contribution in [0.25, 0.3) is 23.2 Å². The molecule has 32 heteroatoms. The molecule has 11 N–H and O–H groups in total. The number of nitrogens with one attached hydrogen (secondary N) is 3. The van der Waals surface area contributed by atoms with E-state index < -0.39 is 5.97 Å². The van der Waals surface area contributed by atoms with Gasteiger partial charge in [0, 0.05) is 94.7 Å².